The Labute approximate surface area is 137 Å². The van der Waals surface area contributed by atoms with Gasteiger partial charge < -0.3 is 14.4 Å². The summed E-state index contributed by atoms with van der Waals surface area (Å²) in [5.41, 5.74) is 1.11. The Bertz CT molecular complexity index is 666. The number of hydrogen-bond acceptors (Lipinski definition) is 4. The molecular weight excluding hydrogens is 401 g/mol. The standard InChI is InChI=1S/C13H18IN3O3Si/c1-21(2,3)5-4-20-8-17-7-9(13(18)19)11-12(17)15-6-10(14)16-11/h6-7H,4-5,8H2,1-3H3,(H,18,19). The van der Waals surface area contributed by atoms with Gasteiger partial charge in [-0.05, 0) is 28.6 Å². The van der Waals surface area contributed by atoms with Crippen molar-refractivity contribution in [1.29, 1.82) is 0 Å². The normalized spacial score (nSPS) is 12.0. The van der Waals surface area contributed by atoms with Crippen molar-refractivity contribution in [1.82, 2.24) is 14.5 Å². The summed E-state index contributed by atoms with van der Waals surface area (Å²) < 4.78 is 8.03. The van der Waals surface area contributed by atoms with E-state index in [2.05, 4.69) is 29.6 Å². The van der Waals surface area contributed by atoms with Crippen LogP contribution in [0.3, 0.4) is 0 Å². The SMILES string of the molecule is C[Si](C)(C)CCOCn1cc(C(=O)O)c2nc(I)cnc21. The molecule has 0 aliphatic rings. The van der Waals surface area contributed by atoms with E-state index in [-0.39, 0.29) is 5.56 Å². The summed E-state index contributed by atoms with van der Waals surface area (Å²) in [4.78, 5) is 19.8. The van der Waals surface area contributed by atoms with Gasteiger partial charge in [-0.25, -0.2) is 14.8 Å². The molecule has 0 amide bonds. The molecule has 0 spiro atoms. The monoisotopic (exact) mass is 419 g/mol. The lowest BCUT2D eigenvalue weighted by Gasteiger charge is -2.15. The maximum absolute atomic E-state index is 11.3. The smallest absolute Gasteiger partial charge is 0.339 e. The lowest BCUT2D eigenvalue weighted by molar-refractivity contribution is 0.0696. The number of halogens is 1. The number of carboxylic acids is 1. The molecule has 2 rings (SSSR count). The minimum Gasteiger partial charge on any atom is -0.478 e. The van der Waals surface area contributed by atoms with Gasteiger partial charge in [-0.2, -0.15) is 0 Å². The number of aromatic nitrogens is 3. The molecule has 0 aliphatic heterocycles. The second kappa shape index (κ2) is 6.40. The zero-order chi connectivity index (χ0) is 15.6. The highest BCUT2D eigenvalue weighted by molar-refractivity contribution is 14.1. The van der Waals surface area contributed by atoms with Gasteiger partial charge in [0.1, 0.15) is 21.5 Å². The maximum atomic E-state index is 11.3. The van der Waals surface area contributed by atoms with E-state index < -0.39 is 14.0 Å². The third-order valence-electron chi connectivity index (χ3n) is 2.99. The number of carboxylic acid groups (broad SMARTS) is 1. The molecule has 0 atom stereocenters. The van der Waals surface area contributed by atoms with Crippen LogP contribution in [0.15, 0.2) is 12.4 Å². The van der Waals surface area contributed by atoms with Gasteiger partial charge >= 0.3 is 5.97 Å². The summed E-state index contributed by atoms with van der Waals surface area (Å²) in [7, 11) is -1.13. The fourth-order valence-corrected chi connectivity index (χ4v) is 2.96. The van der Waals surface area contributed by atoms with E-state index in [1.165, 1.54) is 6.20 Å². The molecule has 2 aromatic heterocycles. The number of carbonyl (C=O) groups is 1. The Kier molecular flexibility index (Phi) is 4.99. The number of nitrogens with zero attached hydrogens (tertiary/aromatic N) is 3. The van der Waals surface area contributed by atoms with Crippen LogP contribution in [-0.4, -0.2) is 40.3 Å². The summed E-state index contributed by atoms with van der Waals surface area (Å²) in [6.07, 6.45) is 3.16. The Hall–Kier alpha value is -1.00. The second-order valence-corrected chi connectivity index (χ2v) is 12.8. The molecule has 8 heteroatoms. The molecule has 1 N–H and O–H groups in total. The molecule has 2 aromatic rings. The van der Waals surface area contributed by atoms with Gasteiger partial charge in [-0.3, -0.25) is 0 Å². The zero-order valence-electron chi connectivity index (χ0n) is 12.3. The van der Waals surface area contributed by atoms with Gasteiger partial charge in [0.15, 0.2) is 5.65 Å². The van der Waals surface area contributed by atoms with Crippen molar-refractivity contribution in [3.8, 4) is 0 Å². The van der Waals surface area contributed by atoms with Crippen molar-refractivity contribution in [3.05, 3.63) is 21.7 Å². The summed E-state index contributed by atoms with van der Waals surface area (Å²) in [5, 5.41) is 9.25. The number of fused-ring (bicyclic) bond motifs is 1. The Morgan fingerprint density at radius 3 is 2.81 bits per heavy atom. The van der Waals surface area contributed by atoms with Crippen LogP contribution in [0.1, 0.15) is 10.4 Å². The fourth-order valence-electron chi connectivity index (χ4n) is 1.83. The van der Waals surface area contributed by atoms with E-state index in [0.29, 0.717) is 28.2 Å². The molecule has 21 heavy (non-hydrogen) atoms. The van der Waals surface area contributed by atoms with Crippen LogP contribution >= 0.6 is 22.6 Å². The average molecular weight is 419 g/mol. The largest absolute Gasteiger partial charge is 0.478 e. The molecule has 0 aromatic carbocycles. The van der Waals surface area contributed by atoms with Gasteiger partial charge in [0.05, 0.1) is 6.20 Å². The first-order chi connectivity index (χ1) is 9.78. The van der Waals surface area contributed by atoms with E-state index in [9.17, 15) is 9.90 Å². The van der Waals surface area contributed by atoms with Crippen LogP contribution in [0.4, 0.5) is 0 Å². The van der Waals surface area contributed by atoms with Gasteiger partial charge in [0, 0.05) is 20.9 Å². The molecule has 0 saturated heterocycles. The minimum absolute atomic E-state index is 0.157. The van der Waals surface area contributed by atoms with Gasteiger partial charge in [-0.1, -0.05) is 19.6 Å². The minimum atomic E-state index is -1.13. The van der Waals surface area contributed by atoms with Crippen LogP contribution in [0.25, 0.3) is 11.2 Å². The lowest BCUT2D eigenvalue weighted by atomic mass is 10.3. The summed E-state index contributed by atoms with van der Waals surface area (Å²) in [6.45, 7) is 7.84. The molecule has 0 saturated carbocycles. The van der Waals surface area contributed by atoms with Crippen LogP contribution in [0.2, 0.25) is 25.7 Å². The highest BCUT2D eigenvalue weighted by atomic mass is 127. The average Bonchev–Trinajstić information content (AvgIpc) is 2.71. The third kappa shape index (κ3) is 4.24. The van der Waals surface area contributed by atoms with E-state index in [4.69, 9.17) is 4.74 Å². The van der Waals surface area contributed by atoms with Crippen molar-refractivity contribution in [3.63, 3.8) is 0 Å². The van der Waals surface area contributed by atoms with Gasteiger partial charge in [0.25, 0.3) is 0 Å². The molecule has 0 aliphatic carbocycles. The molecule has 0 radical (unpaired) electrons. The van der Waals surface area contributed by atoms with E-state index >= 15 is 0 Å². The topological polar surface area (TPSA) is 77.2 Å². The van der Waals surface area contributed by atoms with Crippen molar-refractivity contribution in [2.75, 3.05) is 6.61 Å². The van der Waals surface area contributed by atoms with Crippen LogP contribution < -0.4 is 0 Å². The summed E-state index contributed by atoms with van der Waals surface area (Å²) in [6, 6.07) is 1.07. The third-order valence-corrected chi connectivity index (χ3v) is 5.22. The maximum Gasteiger partial charge on any atom is 0.339 e. The highest BCUT2D eigenvalue weighted by Crippen LogP contribution is 2.19. The first-order valence-corrected chi connectivity index (χ1v) is 11.4. The number of ether oxygens (including phenoxy) is 1. The molecule has 0 fully saturated rings. The van der Waals surface area contributed by atoms with Crippen molar-refractivity contribution >= 4 is 47.8 Å². The molecule has 0 unspecified atom stereocenters. The lowest BCUT2D eigenvalue weighted by Crippen LogP contribution is -2.22. The molecule has 114 valence electrons. The van der Waals surface area contributed by atoms with Crippen LogP contribution in [0, 0.1) is 3.70 Å². The molecule has 2 heterocycles. The second-order valence-electron chi connectivity index (χ2n) is 6.03. The van der Waals surface area contributed by atoms with Crippen molar-refractivity contribution in [2.45, 2.75) is 32.4 Å². The predicted octanol–water partition coefficient (Wildman–Crippen LogP) is 3.05. The summed E-state index contributed by atoms with van der Waals surface area (Å²) in [5.74, 6) is -1.00. The zero-order valence-corrected chi connectivity index (χ0v) is 15.4. The highest BCUT2D eigenvalue weighted by Gasteiger charge is 2.17. The quantitative estimate of drug-likeness (QED) is 0.443. The molecule has 0 bridgehead atoms. The van der Waals surface area contributed by atoms with Crippen LogP contribution in [-0.2, 0) is 11.5 Å². The number of hydrogen-bond donors (Lipinski definition) is 1. The molecule has 6 nitrogen and oxygen atoms in total. The Morgan fingerprint density at radius 1 is 1.48 bits per heavy atom. The van der Waals surface area contributed by atoms with Crippen LogP contribution in [0.5, 0.6) is 0 Å². The van der Waals surface area contributed by atoms with Gasteiger partial charge in [-0.15, -0.1) is 0 Å². The fraction of sp³-hybridized carbons (Fsp3) is 0.462. The van der Waals surface area contributed by atoms with E-state index in [1.807, 2.05) is 22.6 Å². The van der Waals surface area contributed by atoms with E-state index in [1.54, 1.807) is 10.8 Å². The first-order valence-electron chi connectivity index (χ1n) is 6.60. The number of rotatable bonds is 6. The Morgan fingerprint density at radius 2 is 2.19 bits per heavy atom. The summed E-state index contributed by atoms with van der Waals surface area (Å²) >= 11 is 2.02. The Balaban J connectivity index is 2.18. The first kappa shape index (κ1) is 16.4. The molecular formula is C13H18IN3O3Si. The van der Waals surface area contributed by atoms with Crippen molar-refractivity contribution in [2.24, 2.45) is 0 Å². The predicted molar refractivity (Wildman–Crippen MR) is 91.3 cm³/mol. The van der Waals surface area contributed by atoms with Gasteiger partial charge in [0.2, 0.25) is 0 Å². The number of aromatic carboxylic acids is 1. The van der Waals surface area contributed by atoms with Crippen molar-refractivity contribution < 1.29 is 14.6 Å². The van der Waals surface area contributed by atoms with E-state index in [0.717, 1.165) is 6.04 Å².